The number of benzene rings is 2. The second kappa shape index (κ2) is 7.83. The van der Waals surface area contributed by atoms with E-state index in [1.807, 2.05) is 54.6 Å². The van der Waals surface area contributed by atoms with Gasteiger partial charge in [0.25, 0.3) is 0 Å². The average Bonchev–Trinajstić information content (AvgIpc) is 3.01. The van der Waals surface area contributed by atoms with E-state index in [9.17, 15) is 9.59 Å². The molecule has 1 fully saturated rings. The number of amides is 2. The third-order valence-corrected chi connectivity index (χ3v) is 4.45. The van der Waals surface area contributed by atoms with Crippen molar-refractivity contribution in [3.63, 3.8) is 0 Å². The number of nitrogens with zero attached hydrogens (tertiary/aromatic N) is 1. The maximum atomic E-state index is 12.6. The van der Waals surface area contributed by atoms with Crippen molar-refractivity contribution in [2.24, 2.45) is 0 Å². The summed E-state index contributed by atoms with van der Waals surface area (Å²) in [5.74, 6) is 0.719. The molecule has 0 saturated carbocycles. The van der Waals surface area contributed by atoms with Crippen LogP contribution in [-0.2, 0) is 22.7 Å². The Morgan fingerprint density at radius 1 is 1.12 bits per heavy atom. The quantitative estimate of drug-likeness (QED) is 0.880. The SMILES string of the molecule is COc1ccc(CNC(=O)C2CCC(=O)N2Cc2ccccc2)cc1. The van der Waals surface area contributed by atoms with Crippen molar-refractivity contribution in [2.45, 2.75) is 32.0 Å². The number of nitrogens with one attached hydrogen (secondary N) is 1. The molecule has 1 aliphatic rings. The van der Waals surface area contributed by atoms with E-state index < -0.39 is 6.04 Å². The predicted octanol–water partition coefficient (Wildman–Crippen LogP) is 2.50. The zero-order valence-electron chi connectivity index (χ0n) is 14.3. The molecule has 0 aromatic heterocycles. The largest absolute Gasteiger partial charge is 0.497 e. The molecule has 2 aromatic rings. The molecule has 0 radical (unpaired) electrons. The molecule has 1 unspecified atom stereocenters. The summed E-state index contributed by atoms with van der Waals surface area (Å²) >= 11 is 0. The van der Waals surface area contributed by atoms with Crippen LogP contribution in [-0.4, -0.2) is 29.9 Å². The Bertz CT molecular complexity index is 728. The highest BCUT2D eigenvalue weighted by Crippen LogP contribution is 2.22. The number of ether oxygens (including phenoxy) is 1. The van der Waals surface area contributed by atoms with Crippen molar-refractivity contribution in [2.75, 3.05) is 7.11 Å². The van der Waals surface area contributed by atoms with E-state index in [0.29, 0.717) is 25.9 Å². The van der Waals surface area contributed by atoms with Gasteiger partial charge < -0.3 is 15.0 Å². The molecule has 1 atom stereocenters. The molecule has 25 heavy (non-hydrogen) atoms. The monoisotopic (exact) mass is 338 g/mol. The van der Waals surface area contributed by atoms with Crippen molar-refractivity contribution >= 4 is 11.8 Å². The Labute approximate surface area is 147 Å². The second-order valence-corrected chi connectivity index (χ2v) is 6.13. The molecule has 3 rings (SSSR count). The second-order valence-electron chi connectivity index (χ2n) is 6.13. The third-order valence-electron chi connectivity index (χ3n) is 4.45. The van der Waals surface area contributed by atoms with Crippen LogP contribution in [0.1, 0.15) is 24.0 Å². The molecule has 130 valence electrons. The van der Waals surface area contributed by atoms with Gasteiger partial charge in [-0.05, 0) is 29.7 Å². The van der Waals surface area contributed by atoms with Gasteiger partial charge in [0.15, 0.2) is 0 Å². The number of hydrogen-bond acceptors (Lipinski definition) is 3. The van der Waals surface area contributed by atoms with Gasteiger partial charge in [0.05, 0.1) is 7.11 Å². The lowest BCUT2D eigenvalue weighted by molar-refractivity contribution is -0.135. The molecule has 1 aliphatic heterocycles. The van der Waals surface area contributed by atoms with E-state index >= 15 is 0 Å². The van der Waals surface area contributed by atoms with Crippen LogP contribution in [0.2, 0.25) is 0 Å². The number of carbonyl (C=O) groups excluding carboxylic acids is 2. The van der Waals surface area contributed by atoms with Crippen LogP contribution < -0.4 is 10.1 Å². The Morgan fingerprint density at radius 3 is 2.52 bits per heavy atom. The Kier molecular flexibility index (Phi) is 5.33. The lowest BCUT2D eigenvalue weighted by atomic mass is 10.1. The first kappa shape index (κ1) is 17.0. The van der Waals surface area contributed by atoms with Gasteiger partial charge >= 0.3 is 0 Å². The van der Waals surface area contributed by atoms with Crippen molar-refractivity contribution < 1.29 is 14.3 Å². The van der Waals surface area contributed by atoms with E-state index in [1.54, 1.807) is 12.0 Å². The molecular weight excluding hydrogens is 316 g/mol. The van der Waals surface area contributed by atoms with Gasteiger partial charge in [-0.15, -0.1) is 0 Å². The number of hydrogen-bond donors (Lipinski definition) is 1. The molecule has 2 amide bonds. The van der Waals surface area contributed by atoms with Gasteiger partial charge in [0.2, 0.25) is 11.8 Å². The number of likely N-dealkylation sites (tertiary alicyclic amines) is 1. The number of rotatable bonds is 6. The minimum Gasteiger partial charge on any atom is -0.497 e. The molecule has 5 heteroatoms. The highest BCUT2D eigenvalue weighted by Gasteiger charge is 2.35. The Balaban J connectivity index is 1.60. The van der Waals surface area contributed by atoms with Crippen LogP contribution in [0.25, 0.3) is 0 Å². The van der Waals surface area contributed by atoms with Crippen molar-refractivity contribution in [1.82, 2.24) is 10.2 Å². The fraction of sp³-hybridized carbons (Fsp3) is 0.300. The molecule has 2 aromatic carbocycles. The summed E-state index contributed by atoms with van der Waals surface area (Å²) in [7, 11) is 1.62. The summed E-state index contributed by atoms with van der Waals surface area (Å²) in [6.45, 7) is 0.910. The topological polar surface area (TPSA) is 58.6 Å². The van der Waals surface area contributed by atoms with E-state index in [0.717, 1.165) is 16.9 Å². The minimum absolute atomic E-state index is 0.0356. The minimum atomic E-state index is -0.397. The molecule has 0 spiro atoms. The molecule has 0 bridgehead atoms. The van der Waals surface area contributed by atoms with Gasteiger partial charge in [0.1, 0.15) is 11.8 Å². The summed E-state index contributed by atoms with van der Waals surface area (Å²) in [4.78, 5) is 26.4. The first-order valence-electron chi connectivity index (χ1n) is 8.41. The van der Waals surface area contributed by atoms with E-state index in [4.69, 9.17) is 4.74 Å². The van der Waals surface area contributed by atoms with Gasteiger partial charge in [-0.2, -0.15) is 0 Å². The highest BCUT2D eigenvalue weighted by molar-refractivity contribution is 5.90. The number of methoxy groups -OCH3 is 1. The van der Waals surface area contributed by atoms with Crippen LogP contribution >= 0.6 is 0 Å². The van der Waals surface area contributed by atoms with Gasteiger partial charge in [-0.3, -0.25) is 9.59 Å². The summed E-state index contributed by atoms with van der Waals surface area (Å²) in [6, 6.07) is 16.9. The first-order valence-corrected chi connectivity index (χ1v) is 8.41. The predicted molar refractivity (Wildman–Crippen MR) is 94.9 cm³/mol. The molecule has 5 nitrogen and oxygen atoms in total. The lowest BCUT2D eigenvalue weighted by Crippen LogP contribution is -2.44. The van der Waals surface area contributed by atoms with Crippen LogP contribution in [0.5, 0.6) is 5.75 Å². The number of carbonyl (C=O) groups is 2. The highest BCUT2D eigenvalue weighted by atomic mass is 16.5. The Hall–Kier alpha value is -2.82. The van der Waals surface area contributed by atoms with E-state index in [-0.39, 0.29) is 11.8 Å². The smallest absolute Gasteiger partial charge is 0.243 e. The van der Waals surface area contributed by atoms with Crippen molar-refractivity contribution in [1.29, 1.82) is 0 Å². The molecule has 1 heterocycles. The van der Waals surface area contributed by atoms with Crippen LogP contribution in [0.4, 0.5) is 0 Å². The van der Waals surface area contributed by atoms with Gasteiger partial charge in [-0.25, -0.2) is 0 Å². The maximum Gasteiger partial charge on any atom is 0.243 e. The van der Waals surface area contributed by atoms with E-state index in [1.165, 1.54) is 0 Å². The fourth-order valence-corrected chi connectivity index (χ4v) is 3.03. The molecule has 1 N–H and O–H groups in total. The zero-order valence-corrected chi connectivity index (χ0v) is 14.3. The molecule has 1 saturated heterocycles. The van der Waals surface area contributed by atoms with Crippen LogP contribution in [0.15, 0.2) is 54.6 Å². The zero-order chi connectivity index (χ0) is 17.6. The van der Waals surface area contributed by atoms with E-state index in [2.05, 4.69) is 5.32 Å². The summed E-state index contributed by atoms with van der Waals surface area (Å²) in [5.41, 5.74) is 2.03. The third kappa shape index (κ3) is 4.18. The standard InChI is InChI=1S/C20H22N2O3/c1-25-17-9-7-15(8-10-17)13-21-20(24)18-11-12-19(23)22(18)14-16-5-3-2-4-6-16/h2-10,18H,11-14H2,1H3,(H,21,24). The fourth-order valence-electron chi connectivity index (χ4n) is 3.03. The van der Waals surface area contributed by atoms with Crippen LogP contribution in [0.3, 0.4) is 0 Å². The van der Waals surface area contributed by atoms with Crippen LogP contribution in [0, 0.1) is 0 Å². The van der Waals surface area contributed by atoms with Crippen molar-refractivity contribution in [3.8, 4) is 5.75 Å². The summed E-state index contributed by atoms with van der Waals surface area (Å²) in [6.07, 6.45) is 0.994. The molecular formula is C20H22N2O3. The summed E-state index contributed by atoms with van der Waals surface area (Å²) in [5, 5.41) is 2.94. The normalized spacial score (nSPS) is 16.8. The van der Waals surface area contributed by atoms with Crippen molar-refractivity contribution in [3.05, 3.63) is 65.7 Å². The van der Waals surface area contributed by atoms with Gasteiger partial charge in [-0.1, -0.05) is 42.5 Å². The first-order chi connectivity index (χ1) is 12.2. The maximum absolute atomic E-state index is 12.6. The van der Waals surface area contributed by atoms with Gasteiger partial charge in [0, 0.05) is 19.5 Å². The Morgan fingerprint density at radius 2 is 1.84 bits per heavy atom. The summed E-state index contributed by atoms with van der Waals surface area (Å²) < 4.78 is 5.13. The average molecular weight is 338 g/mol. The lowest BCUT2D eigenvalue weighted by Gasteiger charge is -2.24. The molecule has 0 aliphatic carbocycles.